The van der Waals surface area contributed by atoms with Crippen LogP contribution in [0, 0.1) is 0 Å². The minimum Gasteiger partial charge on any atom is -0.465 e. The molecule has 0 aromatic rings. The van der Waals surface area contributed by atoms with Crippen molar-refractivity contribution in [3.05, 3.63) is 0 Å². The summed E-state index contributed by atoms with van der Waals surface area (Å²) < 4.78 is 10.7. The number of rotatable bonds is 19. The molecule has 0 aliphatic rings. The maximum absolute atomic E-state index is 11.3. The largest absolute Gasteiger partial charge is 0.465 e. The van der Waals surface area contributed by atoms with Gasteiger partial charge in [0.15, 0.2) is 0 Å². The average molecular weight is 358 g/mol. The number of hydrogen-bond acceptors (Lipinski definition) is 4. The summed E-state index contributed by atoms with van der Waals surface area (Å²) in [7, 11) is 3.72. The molecule has 0 saturated carbocycles. The maximum Gasteiger partial charge on any atom is 0.320 e. The van der Waals surface area contributed by atoms with Gasteiger partial charge in [-0.1, -0.05) is 77.6 Å². The highest BCUT2D eigenvalue weighted by atomic mass is 16.5. The number of unbranched alkanes of at least 4 members (excludes halogenated alkanes) is 11. The maximum atomic E-state index is 11.3. The molecule has 4 nitrogen and oxygen atoms in total. The van der Waals surface area contributed by atoms with Gasteiger partial charge in [-0.15, -0.1) is 0 Å². The topological polar surface area (TPSA) is 38.8 Å². The fourth-order valence-electron chi connectivity index (χ4n) is 2.80. The quantitative estimate of drug-likeness (QED) is 0.235. The Kier molecular flexibility index (Phi) is 19.2. The van der Waals surface area contributed by atoms with Crippen molar-refractivity contribution in [2.75, 3.05) is 40.5 Å². The van der Waals surface area contributed by atoms with Crippen molar-refractivity contribution in [3.63, 3.8) is 0 Å². The third-order valence-corrected chi connectivity index (χ3v) is 4.28. The molecule has 0 unspecified atom stereocenters. The van der Waals surface area contributed by atoms with Gasteiger partial charge in [-0.2, -0.15) is 0 Å². The highest BCUT2D eigenvalue weighted by molar-refractivity contribution is 5.71. The summed E-state index contributed by atoms with van der Waals surface area (Å²) in [5.74, 6) is -0.161. The van der Waals surface area contributed by atoms with E-state index in [2.05, 4.69) is 6.92 Å². The Bertz CT molecular complexity index is 282. The van der Waals surface area contributed by atoms with Gasteiger partial charge in [0.25, 0.3) is 0 Å². The van der Waals surface area contributed by atoms with E-state index < -0.39 is 0 Å². The van der Waals surface area contributed by atoms with E-state index >= 15 is 0 Å². The van der Waals surface area contributed by atoms with Crippen LogP contribution >= 0.6 is 0 Å². The first-order chi connectivity index (χ1) is 12.2. The fourth-order valence-corrected chi connectivity index (χ4v) is 2.80. The summed E-state index contributed by atoms with van der Waals surface area (Å²) in [5.41, 5.74) is 0. The molecular weight excluding hydrogens is 314 g/mol. The van der Waals surface area contributed by atoms with Gasteiger partial charge in [-0.05, 0) is 20.5 Å². The van der Waals surface area contributed by atoms with Crippen LogP contribution in [0.4, 0.5) is 0 Å². The van der Waals surface area contributed by atoms with E-state index in [1.54, 1.807) is 0 Å². The Morgan fingerprint density at radius 2 is 1.16 bits per heavy atom. The number of hydrogen-bond donors (Lipinski definition) is 0. The molecule has 0 heterocycles. The molecule has 0 spiro atoms. The summed E-state index contributed by atoms with van der Waals surface area (Å²) in [4.78, 5) is 13.1. The van der Waals surface area contributed by atoms with Crippen LogP contribution in [0.25, 0.3) is 0 Å². The molecular formula is C21H43NO3. The van der Waals surface area contributed by atoms with Gasteiger partial charge in [0.05, 0.1) is 13.2 Å². The molecule has 0 saturated heterocycles. The first kappa shape index (κ1) is 24.4. The third kappa shape index (κ3) is 21.3. The Morgan fingerprint density at radius 3 is 1.68 bits per heavy atom. The monoisotopic (exact) mass is 357 g/mol. The molecule has 0 aromatic heterocycles. The highest BCUT2D eigenvalue weighted by Crippen LogP contribution is 2.11. The van der Waals surface area contributed by atoms with Crippen molar-refractivity contribution in [1.82, 2.24) is 4.90 Å². The van der Waals surface area contributed by atoms with E-state index in [9.17, 15) is 4.79 Å². The molecule has 0 fully saturated rings. The normalized spacial score (nSPS) is 11.2. The molecule has 0 bridgehead atoms. The van der Waals surface area contributed by atoms with E-state index in [4.69, 9.17) is 9.47 Å². The van der Waals surface area contributed by atoms with Crippen LogP contribution in [0.1, 0.15) is 90.4 Å². The molecule has 150 valence electrons. The van der Waals surface area contributed by atoms with Crippen LogP contribution in [0.5, 0.6) is 0 Å². The zero-order chi connectivity index (χ0) is 18.6. The number of ether oxygens (including phenoxy) is 2. The Morgan fingerprint density at radius 1 is 0.680 bits per heavy atom. The van der Waals surface area contributed by atoms with Gasteiger partial charge < -0.3 is 9.47 Å². The molecule has 0 N–H and O–H groups in total. The number of carbonyl (C=O) groups excluding carboxylic acids is 1. The van der Waals surface area contributed by atoms with Crippen molar-refractivity contribution < 1.29 is 14.3 Å². The lowest BCUT2D eigenvalue weighted by atomic mass is 10.1. The Balaban J connectivity index is 3.06. The van der Waals surface area contributed by atoms with Gasteiger partial charge >= 0.3 is 5.97 Å². The van der Waals surface area contributed by atoms with E-state index in [0.717, 1.165) is 19.4 Å². The number of esters is 1. The summed E-state index contributed by atoms with van der Waals surface area (Å²) in [6.45, 7) is 4.61. The lowest BCUT2D eigenvalue weighted by Crippen LogP contribution is -2.24. The summed E-state index contributed by atoms with van der Waals surface area (Å²) in [6.07, 6.45) is 17.2. The zero-order valence-electron chi connectivity index (χ0n) is 17.2. The van der Waals surface area contributed by atoms with Gasteiger partial charge in [-0.3, -0.25) is 9.69 Å². The van der Waals surface area contributed by atoms with Crippen LogP contribution in [-0.4, -0.2) is 51.3 Å². The number of nitrogens with zero attached hydrogens (tertiary/aromatic N) is 1. The van der Waals surface area contributed by atoms with E-state index in [1.807, 2.05) is 19.0 Å². The lowest BCUT2D eigenvalue weighted by Gasteiger charge is -2.09. The Hall–Kier alpha value is -0.610. The second-order valence-corrected chi connectivity index (χ2v) is 7.31. The van der Waals surface area contributed by atoms with Crippen molar-refractivity contribution >= 4 is 5.97 Å². The predicted octanol–water partition coefficient (Wildman–Crippen LogP) is 5.20. The number of likely N-dealkylation sites (N-methyl/N-ethyl adjacent to an activating group) is 1. The minimum absolute atomic E-state index is 0.161. The second-order valence-electron chi connectivity index (χ2n) is 7.31. The van der Waals surface area contributed by atoms with Crippen molar-refractivity contribution in [2.24, 2.45) is 0 Å². The first-order valence-electron chi connectivity index (χ1n) is 10.5. The third-order valence-electron chi connectivity index (χ3n) is 4.28. The van der Waals surface area contributed by atoms with Gasteiger partial charge in [0.2, 0.25) is 0 Å². The van der Waals surface area contributed by atoms with Crippen molar-refractivity contribution in [2.45, 2.75) is 90.4 Å². The molecule has 0 atom stereocenters. The summed E-state index contributed by atoms with van der Waals surface area (Å²) in [5, 5.41) is 0. The van der Waals surface area contributed by atoms with Gasteiger partial charge in [0.1, 0.15) is 0 Å². The highest BCUT2D eigenvalue weighted by Gasteiger charge is 2.03. The molecule has 0 aliphatic heterocycles. The smallest absolute Gasteiger partial charge is 0.320 e. The first-order valence-corrected chi connectivity index (χ1v) is 10.5. The van der Waals surface area contributed by atoms with Crippen LogP contribution in [-0.2, 0) is 14.3 Å². The van der Waals surface area contributed by atoms with Crippen LogP contribution in [0.2, 0.25) is 0 Å². The molecule has 25 heavy (non-hydrogen) atoms. The lowest BCUT2D eigenvalue weighted by molar-refractivity contribution is -0.144. The SMILES string of the molecule is CCCCCCCCCCCCCCOCCCOC(=O)CN(C)C. The predicted molar refractivity (Wildman–Crippen MR) is 106 cm³/mol. The fraction of sp³-hybridized carbons (Fsp3) is 0.952. The summed E-state index contributed by atoms with van der Waals surface area (Å²) in [6, 6.07) is 0. The van der Waals surface area contributed by atoms with Crippen LogP contribution in [0.3, 0.4) is 0 Å². The van der Waals surface area contributed by atoms with Crippen LogP contribution < -0.4 is 0 Å². The van der Waals surface area contributed by atoms with Gasteiger partial charge in [0, 0.05) is 19.6 Å². The molecule has 0 aromatic carbocycles. The Labute approximate surface area is 156 Å². The molecule has 0 rings (SSSR count). The second kappa shape index (κ2) is 19.7. The van der Waals surface area contributed by atoms with E-state index in [0.29, 0.717) is 19.8 Å². The van der Waals surface area contributed by atoms with Crippen LogP contribution in [0.15, 0.2) is 0 Å². The average Bonchev–Trinajstić information content (AvgIpc) is 2.57. The molecule has 0 aliphatic carbocycles. The zero-order valence-corrected chi connectivity index (χ0v) is 17.2. The van der Waals surface area contributed by atoms with E-state index in [1.165, 1.54) is 70.6 Å². The number of carbonyl (C=O) groups is 1. The van der Waals surface area contributed by atoms with Gasteiger partial charge in [-0.25, -0.2) is 0 Å². The molecule has 0 radical (unpaired) electrons. The summed E-state index contributed by atoms with van der Waals surface area (Å²) >= 11 is 0. The molecule has 0 amide bonds. The minimum atomic E-state index is -0.161. The molecule has 4 heteroatoms. The van der Waals surface area contributed by atoms with E-state index in [-0.39, 0.29) is 5.97 Å². The standard InChI is InChI=1S/C21H43NO3/c1-4-5-6-7-8-9-10-11-12-13-14-15-17-24-18-16-19-25-21(23)20-22(2)3/h4-20H2,1-3H3. The van der Waals surface area contributed by atoms with Crippen molar-refractivity contribution in [1.29, 1.82) is 0 Å². The van der Waals surface area contributed by atoms with Crippen molar-refractivity contribution in [3.8, 4) is 0 Å².